The summed E-state index contributed by atoms with van der Waals surface area (Å²) in [5.74, 6) is 0. The minimum atomic E-state index is -0.436. The van der Waals surface area contributed by atoms with Crippen LogP contribution >= 0.6 is 0 Å². The summed E-state index contributed by atoms with van der Waals surface area (Å²) in [5.41, 5.74) is 2.76. The van der Waals surface area contributed by atoms with Crippen LogP contribution in [-0.2, 0) is 9.57 Å². The maximum Gasteiger partial charge on any atom is 0.410 e. The Morgan fingerprint density at radius 3 is 2.48 bits per heavy atom. The van der Waals surface area contributed by atoms with Crippen LogP contribution in [0, 0.1) is 0 Å². The highest BCUT2D eigenvalue weighted by Crippen LogP contribution is 2.24. The molecule has 1 saturated heterocycles. The number of piperidine rings is 1. The standard InChI is InChI=1S/C18H34N2O3/c1-14(19-23-16-10-5-6-11-16)13-15-9-7-8-12-20(15)17(21)22-18(2,3)4/h14-16,19H,5-13H2,1-4H3. The summed E-state index contributed by atoms with van der Waals surface area (Å²) in [6.07, 6.45) is 9.26. The number of rotatable bonds is 5. The molecule has 2 rings (SSSR count). The molecule has 134 valence electrons. The van der Waals surface area contributed by atoms with Gasteiger partial charge in [0, 0.05) is 18.6 Å². The molecule has 0 radical (unpaired) electrons. The molecule has 1 saturated carbocycles. The van der Waals surface area contributed by atoms with Crippen molar-refractivity contribution in [3.63, 3.8) is 0 Å². The van der Waals surface area contributed by atoms with E-state index in [-0.39, 0.29) is 18.2 Å². The van der Waals surface area contributed by atoms with Crippen LogP contribution in [0.4, 0.5) is 4.79 Å². The van der Waals surface area contributed by atoms with Gasteiger partial charge in [0.25, 0.3) is 0 Å². The van der Waals surface area contributed by atoms with Crippen LogP contribution in [0.3, 0.4) is 0 Å². The number of amides is 1. The molecular formula is C18H34N2O3. The van der Waals surface area contributed by atoms with Gasteiger partial charge in [0.2, 0.25) is 0 Å². The van der Waals surface area contributed by atoms with E-state index >= 15 is 0 Å². The monoisotopic (exact) mass is 326 g/mol. The summed E-state index contributed by atoms with van der Waals surface area (Å²) < 4.78 is 5.57. The minimum Gasteiger partial charge on any atom is -0.444 e. The fourth-order valence-corrected chi connectivity index (χ4v) is 3.48. The predicted octanol–water partition coefficient (Wildman–Crippen LogP) is 4.02. The Labute approximate surface area is 141 Å². The zero-order valence-corrected chi connectivity index (χ0v) is 15.3. The van der Waals surface area contributed by atoms with Gasteiger partial charge in [-0.15, -0.1) is 0 Å². The number of likely N-dealkylation sites (tertiary alicyclic amines) is 1. The van der Waals surface area contributed by atoms with E-state index < -0.39 is 5.60 Å². The Hall–Kier alpha value is -0.810. The third-order valence-corrected chi connectivity index (χ3v) is 4.62. The van der Waals surface area contributed by atoms with Crippen LogP contribution in [0.2, 0.25) is 0 Å². The maximum atomic E-state index is 12.4. The average Bonchev–Trinajstić information content (AvgIpc) is 2.97. The minimum absolute atomic E-state index is 0.175. The first-order valence-electron chi connectivity index (χ1n) is 9.26. The molecule has 2 aliphatic rings. The van der Waals surface area contributed by atoms with Gasteiger partial charge in [0.05, 0.1) is 6.10 Å². The number of hydrogen-bond acceptors (Lipinski definition) is 4. The molecule has 1 aliphatic carbocycles. The lowest BCUT2D eigenvalue weighted by molar-refractivity contribution is -0.0449. The molecule has 23 heavy (non-hydrogen) atoms. The second kappa shape index (κ2) is 8.34. The SMILES string of the molecule is CC(CC1CCCCN1C(=O)OC(C)(C)C)NOC1CCCC1. The van der Waals surface area contributed by atoms with E-state index in [1.807, 2.05) is 25.7 Å². The van der Waals surface area contributed by atoms with Crippen molar-refractivity contribution in [3.8, 4) is 0 Å². The summed E-state index contributed by atoms with van der Waals surface area (Å²) >= 11 is 0. The van der Waals surface area contributed by atoms with Crippen molar-refractivity contribution < 1.29 is 14.4 Å². The normalized spacial score (nSPS) is 24.7. The molecule has 0 aromatic heterocycles. The van der Waals surface area contributed by atoms with Gasteiger partial charge in [-0.25, -0.2) is 4.79 Å². The summed E-state index contributed by atoms with van der Waals surface area (Å²) in [4.78, 5) is 20.1. The summed E-state index contributed by atoms with van der Waals surface area (Å²) in [7, 11) is 0. The Kier molecular flexibility index (Phi) is 6.72. The predicted molar refractivity (Wildman–Crippen MR) is 91.1 cm³/mol. The summed E-state index contributed by atoms with van der Waals surface area (Å²) in [6, 6.07) is 0.483. The Balaban J connectivity index is 1.81. The summed E-state index contributed by atoms with van der Waals surface area (Å²) in [5, 5.41) is 0. The highest BCUT2D eigenvalue weighted by molar-refractivity contribution is 5.68. The number of carbonyl (C=O) groups excluding carboxylic acids is 1. The maximum absolute atomic E-state index is 12.4. The number of carbonyl (C=O) groups is 1. The second-order valence-electron chi connectivity index (χ2n) is 8.10. The fourth-order valence-electron chi connectivity index (χ4n) is 3.48. The van der Waals surface area contributed by atoms with Crippen LogP contribution in [0.1, 0.15) is 79.1 Å². The molecule has 2 atom stereocenters. The Bertz CT molecular complexity index is 375. The number of nitrogens with one attached hydrogen (secondary N) is 1. The van der Waals surface area contributed by atoms with Crippen molar-refractivity contribution in [3.05, 3.63) is 0 Å². The van der Waals surface area contributed by atoms with Crippen molar-refractivity contribution in [1.82, 2.24) is 10.4 Å². The van der Waals surface area contributed by atoms with Crippen molar-refractivity contribution in [2.75, 3.05) is 6.54 Å². The third-order valence-electron chi connectivity index (χ3n) is 4.62. The molecule has 2 unspecified atom stereocenters. The Morgan fingerprint density at radius 2 is 1.83 bits per heavy atom. The van der Waals surface area contributed by atoms with Crippen LogP contribution in [0.5, 0.6) is 0 Å². The average molecular weight is 326 g/mol. The van der Waals surface area contributed by atoms with E-state index in [1.165, 1.54) is 19.3 Å². The van der Waals surface area contributed by atoms with Crippen LogP contribution < -0.4 is 5.48 Å². The van der Waals surface area contributed by atoms with Crippen LogP contribution in [-0.4, -0.2) is 41.3 Å². The first kappa shape index (κ1) is 18.5. The van der Waals surface area contributed by atoms with Crippen molar-refractivity contribution in [2.45, 2.75) is 103 Å². The Morgan fingerprint density at radius 1 is 1.17 bits per heavy atom. The van der Waals surface area contributed by atoms with Crippen molar-refractivity contribution >= 4 is 6.09 Å². The first-order chi connectivity index (χ1) is 10.8. The van der Waals surface area contributed by atoms with E-state index in [0.29, 0.717) is 6.10 Å². The van der Waals surface area contributed by atoms with Gasteiger partial charge in [-0.3, -0.25) is 4.84 Å². The molecule has 0 bridgehead atoms. The number of hydrogen-bond donors (Lipinski definition) is 1. The molecule has 0 spiro atoms. The molecule has 1 amide bonds. The van der Waals surface area contributed by atoms with Gasteiger partial charge in [-0.2, -0.15) is 5.48 Å². The smallest absolute Gasteiger partial charge is 0.410 e. The molecule has 1 heterocycles. The zero-order chi connectivity index (χ0) is 16.9. The van der Waals surface area contributed by atoms with Crippen molar-refractivity contribution in [2.24, 2.45) is 0 Å². The molecule has 1 N–H and O–H groups in total. The molecule has 5 heteroatoms. The van der Waals surface area contributed by atoms with E-state index in [9.17, 15) is 4.79 Å². The topological polar surface area (TPSA) is 50.8 Å². The van der Waals surface area contributed by atoms with Gasteiger partial charge in [-0.1, -0.05) is 12.8 Å². The number of hydroxylamine groups is 1. The highest BCUT2D eigenvalue weighted by Gasteiger charge is 2.31. The van der Waals surface area contributed by atoms with Gasteiger partial charge in [0.1, 0.15) is 5.60 Å². The van der Waals surface area contributed by atoms with Gasteiger partial charge in [-0.05, 0) is 66.2 Å². The van der Waals surface area contributed by atoms with Crippen LogP contribution in [0.15, 0.2) is 0 Å². The van der Waals surface area contributed by atoms with Gasteiger partial charge < -0.3 is 9.64 Å². The number of nitrogens with zero attached hydrogens (tertiary/aromatic N) is 1. The van der Waals surface area contributed by atoms with E-state index in [2.05, 4.69) is 12.4 Å². The molecule has 2 fully saturated rings. The van der Waals surface area contributed by atoms with Gasteiger partial charge >= 0.3 is 6.09 Å². The lowest BCUT2D eigenvalue weighted by Crippen LogP contribution is -2.48. The largest absolute Gasteiger partial charge is 0.444 e. The molecule has 1 aliphatic heterocycles. The van der Waals surface area contributed by atoms with Crippen LogP contribution in [0.25, 0.3) is 0 Å². The second-order valence-corrected chi connectivity index (χ2v) is 8.10. The number of ether oxygens (including phenoxy) is 1. The lowest BCUT2D eigenvalue weighted by atomic mass is 9.97. The molecule has 0 aromatic carbocycles. The summed E-state index contributed by atoms with van der Waals surface area (Å²) in [6.45, 7) is 8.70. The molecule has 0 aromatic rings. The fraction of sp³-hybridized carbons (Fsp3) is 0.944. The van der Waals surface area contributed by atoms with Gasteiger partial charge in [0.15, 0.2) is 0 Å². The zero-order valence-electron chi connectivity index (χ0n) is 15.3. The highest BCUT2D eigenvalue weighted by atomic mass is 16.7. The molecular weight excluding hydrogens is 292 g/mol. The molecule has 5 nitrogen and oxygen atoms in total. The quantitative estimate of drug-likeness (QED) is 0.775. The third kappa shape index (κ3) is 6.30. The van der Waals surface area contributed by atoms with Crippen molar-refractivity contribution in [1.29, 1.82) is 0 Å². The lowest BCUT2D eigenvalue weighted by Gasteiger charge is -2.38. The van der Waals surface area contributed by atoms with E-state index in [1.54, 1.807) is 0 Å². The first-order valence-corrected chi connectivity index (χ1v) is 9.26. The van der Waals surface area contributed by atoms with E-state index in [0.717, 1.165) is 38.6 Å². The van der Waals surface area contributed by atoms with E-state index in [4.69, 9.17) is 9.57 Å².